The van der Waals surface area contributed by atoms with Crippen molar-refractivity contribution in [2.24, 2.45) is 0 Å². The molecule has 0 saturated heterocycles. The van der Waals surface area contributed by atoms with Gasteiger partial charge in [0.25, 0.3) is 0 Å². The van der Waals surface area contributed by atoms with Crippen LogP contribution < -0.4 is 0 Å². The monoisotopic (exact) mass is 234 g/mol. The molecule has 1 aromatic carbocycles. The van der Waals surface area contributed by atoms with Crippen LogP contribution in [0, 0.1) is 0 Å². The molecule has 3 heteroatoms. The summed E-state index contributed by atoms with van der Waals surface area (Å²) < 4.78 is 5.53. The SMILES string of the molecule is CCCCOCc1ccccc1/C=C/C(=O)O. The van der Waals surface area contributed by atoms with Gasteiger partial charge in [0.15, 0.2) is 0 Å². The molecule has 0 radical (unpaired) electrons. The molecular formula is C14H18O3. The summed E-state index contributed by atoms with van der Waals surface area (Å²) in [7, 11) is 0. The predicted octanol–water partition coefficient (Wildman–Crippen LogP) is 3.10. The number of carbonyl (C=O) groups is 1. The maximum atomic E-state index is 10.5. The lowest BCUT2D eigenvalue weighted by molar-refractivity contribution is -0.131. The molecule has 0 bridgehead atoms. The lowest BCUT2D eigenvalue weighted by Gasteiger charge is -2.06. The first-order valence-corrected chi connectivity index (χ1v) is 5.80. The molecule has 0 fully saturated rings. The number of carboxylic acid groups (broad SMARTS) is 1. The molecule has 3 nitrogen and oxygen atoms in total. The number of benzene rings is 1. The fourth-order valence-electron chi connectivity index (χ4n) is 1.42. The Hall–Kier alpha value is -1.61. The van der Waals surface area contributed by atoms with Crippen LogP contribution in [-0.2, 0) is 16.1 Å². The zero-order chi connectivity index (χ0) is 12.5. The van der Waals surface area contributed by atoms with Gasteiger partial charge in [-0.25, -0.2) is 4.79 Å². The Balaban J connectivity index is 2.61. The molecule has 0 saturated carbocycles. The van der Waals surface area contributed by atoms with Crippen LogP contribution in [0.5, 0.6) is 0 Å². The van der Waals surface area contributed by atoms with E-state index < -0.39 is 5.97 Å². The summed E-state index contributed by atoms with van der Waals surface area (Å²) in [6.07, 6.45) is 4.90. The number of unbranched alkanes of at least 4 members (excludes halogenated alkanes) is 1. The van der Waals surface area contributed by atoms with Gasteiger partial charge in [0, 0.05) is 12.7 Å². The van der Waals surface area contributed by atoms with Gasteiger partial charge >= 0.3 is 5.97 Å². The topological polar surface area (TPSA) is 46.5 Å². The quantitative estimate of drug-likeness (QED) is 0.582. The number of aliphatic carboxylic acids is 1. The Labute approximate surface area is 102 Å². The van der Waals surface area contributed by atoms with Gasteiger partial charge in [-0.1, -0.05) is 37.6 Å². The summed E-state index contributed by atoms with van der Waals surface area (Å²) >= 11 is 0. The van der Waals surface area contributed by atoms with E-state index in [2.05, 4.69) is 6.92 Å². The fraction of sp³-hybridized carbons (Fsp3) is 0.357. The number of hydrogen-bond donors (Lipinski definition) is 1. The second kappa shape index (κ2) is 7.63. The zero-order valence-electron chi connectivity index (χ0n) is 10.1. The minimum absolute atomic E-state index is 0.528. The van der Waals surface area contributed by atoms with Crippen molar-refractivity contribution in [3.63, 3.8) is 0 Å². The number of carboxylic acids is 1. The van der Waals surface area contributed by atoms with Crippen LogP contribution in [0.4, 0.5) is 0 Å². The Kier molecular flexibility index (Phi) is 6.04. The van der Waals surface area contributed by atoms with Crippen LogP contribution in [0.2, 0.25) is 0 Å². The second-order valence-corrected chi connectivity index (χ2v) is 3.78. The van der Waals surface area contributed by atoms with Gasteiger partial charge in [-0.2, -0.15) is 0 Å². The van der Waals surface area contributed by atoms with E-state index in [0.717, 1.165) is 36.7 Å². The summed E-state index contributed by atoms with van der Waals surface area (Å²) in [6, 6.07) is 7.65. The van der Waals surface area contributed by atoms with E-state index in [9.17, 15) is 4.79 Å². The van der Waals surface area contributed by atoms with Crippen molar-refractivity contribution in [1.29, 1.82) is 0 Å². The lowest BCUT2D eigenvalue weighted by atomic mass is 10.1. The normalized spacial score (nSPS) is 10.9. The molecule has 0 spiro atoms. The zero-order valence-corrected chi connectivity index (χ0v) is 10.1. The standard InChI is InChI=1S/C14H18O3/c1-2-3-10-17-11-13-7-5-4-6-12(13)8-9-14(15)16/h4-9H,2-3,10-11H2,1H3,(H,15,16)/b9-8+. The minimum atomic E-state index is -0.938. The molecule has 1 rings (SSSR count). The fourth-order valence-corrected chi connectivity index (χ4v) is 1.42. The molecule has 0 amide bonds. The predicted molar refractivity (Wildman–Crippen MR) is 67.7 cm³/mol. The number of hydrogen-bond acceptors (Lipinski definition) is 2. The van der Waals surface area contributed by atoms with Crippen LogP contribution in [-0.4, -0.2) is 17.7 Å². The molecule has 0 heterocycles. The highest BCUT2D eigenvalue weighted by atomic mass is 16.5. The van der Waals surface area contributed by atoms with Crippen LogP contribution >= 0.6 is 0 Å². The molecule has 17 heavy (non-hydrogen) atoms. The maximum Gasteiger partial charge on any atom is 0.328 e. The molecule has 0 unspecified atom stereocenters. The van der Waals surface area contributed by atoms with Gasteiger partial charge in [0.2, 0.25) is 0 Å². The molecule has 0 aliphatic rings. The van der Waals surface area contributed by atoms with E-state index in [0.29, 0.717) is 6.61 Å². The van der Waals surface area contributed by atoms with Crippen molar-refractivity contribution in [2.75, 3.05) is 6.61 Å². The molecule has 0 aliphatic carbocycles. The third kappa shape index (κ3) is 5.31. The second-order valence-electron chi connectivity index (χ2n) is 3.78. The largest absolute Gasteiger partial charge is 0.478 e. The third-order valence-corrected chi connectivity index (χ3v) is 2.36. The Morgan fingerprint density at radius 3 is 2.88 bits per heavy atom. The summed E-state index contributed by atoms with van der Waals surface area (Å²) in [4.78, 5) is 10.5. The highest BCUT2D eigenvalue weighted by molar-refractivity contribution is 5.85. The maximum absolute atomic E-state index is 10.5. The molecule has 1 N–H and O–H groups in total. The molecule has 0 aliphatic heterocycles. The van der Waals surface area contributed by atoms with Crippen LogP contribution in [0.15, 0.2) is 30.3 Å². The number of rotatable bonds is 7. The van der Waals surface area contributed by atoms with Crippen molar-refractivity contribution in [3.05, 3.63) is 41.5 Å². The summed E-state index contributed by atoms with van der Waals surface area (Å²) in [5.41, 5.74) is 1.91. The Morgan fingerprint density at radius 2 is 2.18 bits per heavy atom. The van der Waals surface area contributed by atoms with Crippen LogP contribution in [0.1, 0.15) is 30.9 Å². The number of ether oxygens (including phenoxy) is 1. The first-order valence-electron chi connectivity index (χ1n) is 5.80. The highest BCUT2D eigenvalue weighted by Gasteiger charge is 1.99. The molecule has 1 aromatic rings. The van der Waals surface area contributed by atoms with Gasteiger partial charge in [-0.3, -0.25) is 0 Å². The summed E-state index contributed by atoms with van der Waals surface area (Å²) in [6.45, 7) is 3.39. The van der Waals surface area contributed by atoms with Crippen LogP contribution in [0.3, 0.4) is 0 Å². The van der Waals surface area contributed by atoms with Gasteiger partial charge in [0.1, 0.15) is 0 Å². The van der Waals surface area contributed by atoms with Crippen LogP contribution in [0.25, 0.3) is 6.08 Å². The van der Waals surface area contributed by atoms with E-state index in [-0.39, 0.29) is 0 Å². The van der Waals surface area contributed by atoms with Gasteiger partial charge in [-0.05, 0) is 23.6 Å². The van der Waals surface area contributed by atoms with E-state index >= 15 is 0 Å². The van der Waals surface area contributed by atoms with Crippen molar-refractivity contribution in [2.45, 2.75) is 26.4 Å². The molecular weight excluding hydrogens is 216 g/mol. The van der Waals surface area contributed by atoms with Gasteiger partial charge in [-0.15, -0.1) is 0 Å². The molecule has 0 aromatic heterocycles. The minimum Gasteiger partial charge on any atom is -0.478 e. The van der Waals surface area contributed by atoms with E-state index in [4.69, 9.17) is 9.84 Å². The van der Waals surface area contributed by atoms with Crippen molar-refractivity contribution >= 4 is 12.0 Å². The average molecular weight is 234 g/mol. The van der Waals surface area contributed by atoms with Crippen molar-refractivity contribution in [1.82, 2.24) is 0 Å². The van der Waals surface area contributed by atoms with E-state index in [1.807, 2.05) is 24.3 Å². The van der Waals surface area contributed by atoms with Crippen molar-refractivity contribution in [3.8, 4) is 0 Å². The van der Waals surface area contributed by atoms with Gasteiger partial charge in [0.05, 0.1) is 6.61 Å². The highest BCUT2D eigenvalue weighted by Crippen LogP contribution is 2.12. The van der Waals surface area contributed by atoms with E-state index in [1.165, 1.54) is 0 Å². The summed E-state index contributed by atoms with van der Waals surface area (Å²) in [5.74, 6) is -0.938. The van der Waals surface area contributed by atoms with Gasteiger partial charge < -0.3 is 9.84 Å². The summed E-state index contributed by atoms with van der Waals surface area (Å²) in [5, 5.41) is 8.59. The lowest BCUT2D eigenvalue weighted by Crippen LogP contribution is -1.97. The third-order valence-electron chi connectivity index (χ3n) is 2.36. The average Bonchev–Trinajstić information content (AvgIpc) is 2.33. The first kappa shape index (κ1) is 13.5. The first-order chi connectivity index (χ1) is 8.24. The molecule has 92 valence electrons. The Bertz CT molecular complexity index is 383. The molecule has 0 atom stereocenters. The smallest absolute Gasteiger partial charge is 0.328 e. The van der Waals surface area contributed by atoms with Crippen molar-refractivity contribution < 1.29 is 14.6 Å². The van der Waals surface area contributed by atoms with E-state index in [1.54, 1.807) is 6.08 Å². The Morgan fingerprint density at radius 1 is 1.41 bits per heavy atom.